The number of nitrogens with zero attached hydrogens (tertiary/aromatic N) is 6. The van der Waals surface area contributed by atoms with Crippen molar-refractivity contribution in [2.45, 2.75) is 37.5 Å². The number of thioether (sulfide) groups is 1. The molecule has 0 unspecified atom stereocenters. The number of β-lactam (4-membered cyclic amide) rings is 1. The van der Waals surface area contributed by atoms with Crippen LogP contribution in [0.2, 0.25) is 4.34 Å². The molecule has 0 saturated carbocycles. The van der Waals surface area contributed by atoms with E-state index >= 15 is 0 Å². The minimum Gasteiger partial charge on any atom is -0.478 e. The highest BCUT2D eigenvalue weighted by Gasteiger charge is 2.55. The zero-order valence-corrected chi connectivity index (χ0v) is 28.0. The number of thiazole rings is 1. The molecular weight excluding hydrogens is 692 g/mol. The Morgan fingerprint density at radius 2 is 2.04 bits per heavy atom. The number of hydrogen-bond donors (Lipinski definition) is 4. The number of pyridine rings is 1. The Kier molecular flexibility index (Phi) is 10.1. The van der Waals surface area contributed by atoms with Gasteiger partial charge in [0.05, 0.1) is 6.54 Å². The highest BCUT2D eigenvalue weighted by atomic mass is 35.5. The molecule has 17 nitrogen and oxygen atoms in total. The number of hydrogen-bond acceptors (Lipinski definition) is 12. The number of ether oxygens (including phenoxy) is 1. The van der Waals surface area contributed by atoms with Crippen molar-refractivity contribution in [3.05, 3.63) is 51.9 Å². The molecule has 0 spiro atoms. The van der Waals surface area contributed by atoms with Crippen LogP contribution in [0.3, 0.4) is 0 Å². The van der Waals surface area contributed by atoms with Crippen molar-refractivity contribution in [1.29, 1.82) is 0 Å². The van der Waals surface area contributed by atoms with Gasteiger partial charge in [-0.05, 0) is 13.0 Å². The van der Waals surface area contributed by atoms with Crippen molar-refractivity contribution < 1.29 is 48.3 Å². The van der Waals surface area contributed by atoms with Gasteiger partial charge in [0.25, 0.3) is 11.8 Å². The Balaban J connectivity index is 1.34. The molecule has 3 aromatic heterocycles. The van der Waals surface area contributed by atoms with E-state index in [1.54, 1.807) is 20.3 Å². The number of anilines is 1. The van der Waals surface area contributed by atoms with Gasteiger partial charge in [-0.25, -0.2) is 19.4 Å². The number of oxime groups is 1. The number of nitrogens with two attached hydrogens (primary N) is 1. The molecule has 3 atom stereocenters. The van der Waals surface area contributed by atoms with Crippen LogP contribution in [0.15, 0.2) is 47.0 Å². The summed E-state index contributed by atoms with van der Waals surface area (Å²) in [6.07, 6.45) is 1.77. The molecule has 5 heterocycles. The number of fused-ring (bicyclic) bond motifs is 2. The first kappa shape index (κ1) is 34.5. The topological polar surface area (TPSA) is 223 Å². The second-order valence-corrected chi connectivity index (χ2v) is 13.5. The molecule has 1 saturated heterocycles. The molecule has 0 radical (unpaired) electrons. The van der Waals surface area contributed by atoms with Gasteiger partial charge in [-0.3, -0.25) is 14.5 Å². The number of nitrogen functional groups attached to an aromatic ring is 1. The fourth-order valence-corrected chi connectivity index (χ4v) is 7.22. The van der Waals surface area contributed by atoms with Crippen LogP contribution in [0.1, 0.15) is 12.6 Å². The Morgan fingerprint density at radius 1 is 1.29 bits per heavy atom. The number of carboxylic acid groups (broad SMARTS) is 2. The molecule has 48 heavy (non-hydrogen) atoms. The van der Waals surface area contributed by atoms with Crippen molar-refractivity contribution in [2.24, 2.45) is 5.16 Å². The number of halogens is 1. The molecule has 0 aromatic carbocycles. The Labute approximate surface area is 285 Å². The molecule has 2 aliphatic rings. The van der Waals surface area contributed by atoms with Gasteiger partial charge in [-0.2, -0.15) is 4.57 Å². The molecule has 0 bridgehead atoms. The lowest BCUT2D eigenvalue weighted by Crippen LogP contribution is -2.71. The van der Waals surface area contributed by atoms with E-state index in [0.29, 0.717) is 12.1 Å². The second kappa shape index (κ2) is 14.1. The van der Waals surface area contributed by atoms with Crippen molar-refractivity contribution in [3.8, 4) is 0 Å². The van der Waals surface area contributed by atoms with Crippen molar-refractivity contribution in [2.75, 3.05) is 32.2 Å². The highest BCUT2D eigenvalue weighted by Crippen LogP contribution is 2.40. The number of carboxylic acids is 2. The van der Waals surface area contributed by atoms with Crippen LogP contribution in [0.4, 0.5) is 9.93 Å². The SMILES string of the molecule is C[C@H](ON=C(C(=O)N[C@@H]1C(=O)N2C(C(=O)O)=C(C[n+]3cccc4c3ccn4CCOC(=O)N(C)C)CS[C@H]12)c1nc(N)sc1Cl)C(=O)O. The van der Waals surface area contributed by atoms with Crippen LogP contribution in [0.5, 0.6) is 0 Å². The number of aliphatic carboxylic acids is 2. The monoisotopic (exact) mass is 721 g/mol. The van der Waals surface area contributed by atoms with Crippen LogP contribution >= 0.6 is 34.7 Å². The number of nitrogens with one attached hydrogen (secondary N) is 1. The van der Waals surface area contributed by atoms with Crippen molar-refractivity contribution in [1.82, 2.24) is 24.7 Å². The summed E-state index contributed by atoms with van der Waals surface area (Å²) >= 11 is 8.29. The minimum absolute atomic E-state index is 0.00919. The molecule has 5 rings (SSSR count). The summed E-state index contributed by atoms with van der Waals surface area (Å²) < 4.78 is 9.00. The molecule has 5 N–H and O–H groups in total. The largest absolute Gasteiger partial charge is 0.478 e. The molecular formula is C28H30ClN8O9S2+. The van der Waals surface area contributed by atoms with Gasteiger partial charge in [0.2, 0.25) is 11.6 Å². The fourth-order valence-electron chi connectivity index (χ4n) is 4.96. The predicted octanol–water partition coefficient (Wildman–Crippen LogP) is 0.952. The predicted molar refractivity (Wildman–Crippen MR) is 173 cm³/mol. The molecule has 2 aliphatic heterocycles. The van der Waals surface area contributed by atoms with Crippen LogP contribution < -0.4 is 15.6 Å². The van der Waals surface area contributed by atoms with E-state index in [4.69, 9.17) is 32.0 Å². The Morgan fingerprint density at radius 3 is 2.69 bits per heavy atom. The molecule has 3 amide bonds. The molecule has 1 fully saturated rings. The lowest BCUT2D eigenvalue weighted by molar-refractivity contribution is -0.663. The quantitative estimate of drug-likeness (QED) is 0.0889. The summed E-state index contributed by atoms with van der Waals surface area (Å²) in [5, 5.41) is 24.8. The van der Waals surface area contributed by atoms with E-state index < -0.39 is 53.1 Å². The smallest absolute Gasteiger partial charge is 0.409 e. The molecule has 3 aromatic rings. The van der Waals surface area contributed by atoms with Gasteiger partial charge < -0.3 is 40.3 Å². The highest BCUT2D eigenvalue weighted by molar-refractivity contribution is 8.00. The number of aromatic nitrogens is 3. The van der Waals surface area contributed by atoms with E-state index in [9.17, 15) is 29.1 Å². The summed E-state index contributed by atoms with van der Waals surface area (Å²) in [6, 6.07) is 4.43. The zero-order chi connectivity index (χ0) is 34.9. The third kappa shape index (κ3) is 6.87. The maximum absolute atomic E-state index is 13.4. The first-order chi connectivity index (χ1) is 22.8. The van der Waals surface area contributed by atoms with E-state index in [2.05, 4.69) is 15.5 Å². The van der Waals surface area contributed by atoms with Crippen molar-refractivity contribution in [3.63, 3.8) is 0 Å². The average molecular weight is 722 g/mol. The standard InChI is InChI=1S/C28H29ClN8O9S2/c1-13(25(40)41)46-33-18(17-21(29)48-27(30)32-17)22(38)31-19-23(39)37-20(26(42)43)14(12-47-24(19)37)11-36-7-4-5-15-16(36)6-8-35(15)9-10-45-28(44)34(2)3/h4-8,13,19,24H,9-12H2,1-3H3,(H4-,30,31,32,38,40,41,42,43)/p+1/t13-,19+,24+/m0/s1. The van der Waals surface area contributed by atoms with Crippen LogP contribution in [0.25, 0.3) is 11.0 Å². The van der Waals surface area contributed by atoms with Crippen LogP contribution in [0, 0.1) is 0 Å². The van der Waals surface area contributed by atoms with E-state index in [1.165, 1.54) is 23.6 Å². The van der Waals surface area contributed by atoms with Gasteiger partial charge in [-0.1, -0.05) is 28.1 Å². The maximum atomic E-state index is 13.4. The summed E-state index contributed by atoms with van der Waals surface area (Å²) in [5.41, 5.74) is 6.97. The zero-order valence-electron chi connectivity index (χ0n) is 25.7. The summed E-state index contributed by atoms with van der Waals surface area (Å²) in [6.45, 7) is 1.92. The average Bonchev–Trinajstić information content (AvgIpc) is 3.61. The summed E-state index contributed by atoms with van der Waals surface area (Å²) in [5.74, 6) is -4.02. The molecule has 254 valence electrons. The van der Waals surface area contributed by atoms with E-state index in [1.807, 2.05) is 33.5 Å². The molecule has 20 heteroatoms. The normalized spacial score (nSPS) is 18.2. The van der Waals surface area contributed by atoms with E-state index in [-0.39, 0.29) is 39.8 Å². The number of carbonyl (C=O) groups is 5. The number of carbonyl (C=O) groups excluding carboxylic acids is 3. The lowest BCUT2D eigenvalue weighted by atomic mass is 10.0. The van der Waals surface area contributed by atoms with Gasteiger partial charge in [-0.15, -0.1) is 11.8 Å². The first-order valence-electron chi connectivity index (χ1n) is 14.2. The van der Waals surface area contributed by atoms with Gasteiger partial charge in [0.1, 0.15) is 39.3 Å². The summed E-state index contributed by atoms with van der Waals surface area (Å²) in [7, 11) is 3.19. The summed E-state index contributed by atoms with van der Waals surface area (Å²) in [4.78, 5) is 73.6. The Hall–Kier alpha value is -4.88. The maximum Gasteiger partial charge on any atom is 0.409 e. The molecule has 0 aliphatic carbocycles. The third-order valence-electron chi connectivity index (χ3n) is 7.33. The number of amides is 3. The van der Waals surface area contributed by atoms with E-state index in [0.717, 1.165) is 27.3 Å². The second-order valence-electron chi connectivity index (χ2n) is 10.7. The lowest BCUT2D eigenvalue weighted by Gasteiger charge is -2.49. The first-order valence-corrected chi connectivity index (χ1v) is 16.4. The number of rotatable bonds is 12. The third-order valence-corrected chi connectivity index (χ3v) is 9.75. The van der Waals surface area contributed by atoms with Gasteiger partial charge >= 0.3 is 18.0 Å². The minimum atomic E-state index is -1.42. The van der Waals surface area contributed by atoms with Crippen molar-refractivity contribution >= 4 is 86.4 Å². The van der Waals surface area contributed by atoms with Crippen LogP contribution in [-0.4, -0.2) is 109 Å². The van der Waals surface area contributed by atoms with Crippen LogP contribution in [-0.2, 0) is 41.8 Å². The van der Waals surface area contributed by atoms with Gasteiger partial charge in [0, 0.05) is 43.8 Å². The Bertz CT molecular complexity index is 1870. The van der Waals surface area contributed by atoms with Gasteiger partial charge in [0.15, 0.2) is 23.6 Å². The fraction of sp³-hybridized carbons (Fsp3) is 0.357.